The first-order valence-electron chi connectivity index (χ1n) is 8.44. The number of nitrogens with zero attached hydrogens (tertiary/aromatic N) is 1. The topological polar surface area (TPSA) is 56.7 Å². The number of thioether (sulfide) groups is 1. The Hall–Kier alpha value is -1.20. The molecule has 2 rings (SSSR count). The van der Waals surface area contributed by atoms with Crippen molar-refractivity contribution in [3.63, 3.8) is 0 Å². The lowest BCUT2D eigenvalue weighted by Gasteiger charge is -2.23. The first-order chi connectivity index (χ1) is 11.1. The second kappa shape index (κ2) is 8.60. The molecular formula is C18H29N3OS. The van der Waals surface area contributed by atoms with E-state index < -0.39 is 5.60 Å². The van der Waals surface area contributed by atoms with E-state index in [9.17, 15) is 5.11 Å². The number of benzene rings is 1. The minimum Gasteiger partial charge on any atom is -0.388 e. The fraction of sp³-hybridized carbons (Fsp3) is 0.611. The first kappa shape index (κ1) is 18.1. The second-order valence-corrected chi connectivity index (χ2v) is 7.14. The van der Waals surface area contributed by atoms with Crippen molar-refractivity contribution < 1.29 is 5.11 Å². The van der Waals surface area contributed by atoms with Gasteiger partial charge in [0.15, 0.2) is 5.96 Å². The third-order valence-corrected chi connectivity index (χ3v) is 5.13. The molecule has 0 bridgehead atoms. The van der Waals surface area contributed by atoms with E-state index in [1.807, 2.05) is 0 Å². The molecule has 0 aromatic heterocycles. The summed E-state index contributed by atoms with van der Waals surface area (Å²) in [6.45, 7) is 6.20. The van der Waals surface area contributed by atoms with Gasteiger partial charge in [0.1, 0.15) is 0 Å². The van der Waals surface area contributed by atoms with E-state index in [0.29, 0.717) is 13.1 Å². The number of aryl methyl sites for hydroxylation is 1. The zero-order chi connectivity index (χ0) is 16.7. The van der Waals surface area contributed by atoms with Gasteiger partial charge in [-0.2, -0.15) is 0 Å². The van der Waals surface area contributed by atoms with Gasteiger partial charge in [0, 0.05) is 18.0 Å². The fourth-order valence-corrected chi connectivity index (χ4v) is 3.65. The van der Waals surface area contributed by atoms with E-state index in [4.69, 9.17) is 0 Å². The van der Waals surface area contributed by atoms with Gasteiger partial charge in [-0.3, -0.25) is 0 Å². The number of rotatable bonds is 6. The summed E-state index contributed by atoms with van der Waals surface area (Å²) in [6, 6.07) is 6.49. The minimum atomic E-state index is -0.565. The number of hydrogen-bond acceptors (Lipinski definition) is 3. The van der Waals surface area contributed by atoms with Crippen LogP contribution in [0.2, 0.25) is 0 Å². The van der Waals surface area contributed by atoms with Crippen LogP contribution in [0.15, 0.2) is 28.1 Å². The lowest BCUT2D eigenvalue weighted by molar-refractivity contribution is 0.0522. The van der Waals surface area contributed by atoms with E-state index in [1.165, 1.54) is 16.0 Å². The lowest BCUT2D eigenvalue weighted by Crippen LogP contribution is -2.46. The van der Waals surface area contributed by atoms with Crippen LogP contribution in [0, 0.1) is 6.92 Å². The molecule has 0 amide bonds. The summed E-state index contributed by atoms with van der Waals surface area (Å²) in [5, 5.41) is 17.0. The molecule has 0 spiro atoms. The average Bonchev–Trinajstić information content (AvgIpc) is 2.98. The van der Waals surface area contributed by atoms with Crippen molar-refractivity contribution in [1.29, 1.82) is 0 Å². The van der Waals surface area contributed by atoms with Gasteiger partial charge in [-0.15, -0.1) is 11.8 Å². The summed E-state index contributed by atoms with van der Waals surface area (Å²) in [5.74, 6) is 0.778. The Morgan fingerprint density at radius 2 is 2.04 bits per heavy atom. The molecule has 128 valence electrons. The molecule has 1 aromatic rings. The molecule has 0 atom stereocenters. The van der Waals surface area contributed by atoms with Gasteiger partial charge in [-0.1, -0.05) is 25.0 Å². The predicted octanol–water partition coefficient (Wildman–Crippen LogP) is 3.08. The average molecular weight is 336 g/mol. The molecule has 4 nitrogen and oxygen atoms in total. The van der Waals surface area contributed by atoms with Crippen LogP contribution < -0.4 is 10.6 Å². The van der Waals surface area contributed by atoms with Crippen molar-refractivity contribution >= 4 is 17.7 Å². The van der Waals surface area contributed by atoms with Crippen molar-refractivity contribution in [2.45, 2.75) is 56.6 Å². The zero-order valence-electron chi connectivity index (χ0n) is 14.5. The van der Waals surface area contributed by atoms with Crippen molar-refractivity contribution in [2.75, 3.05) is 19.3 Å². The van der Waals surface area contributed by atoms with Gasteiger partial charge in [-0.25, -0.2) is 4.99 Å². The lowest BCUT2D eigenvalue weighted by atomic mass is 10.0. The molecule has 0 radical (unpaired) electrons. The molecule has 1 aromatic carbocycles. The van der Waals surface area contributed by atoms with Crippen molar-refractivity contribution in [2.24, 2.45) is 4.99 Å². The van der Waals surface area contributed by atoms with E-state index in [1.54, 1.807) is 11.8 Å². The standard InChI is InChI=1S/C18H29N3OS/c1-4-19-17(21-13-18(22)9-5-6-10-18)20-12-15-8-7-14(2)11-16(15)23-3/h7-8,11,22H,4-6,9-10,12-13H2,1-3H3,(H2,19,20,21). The zero-order valence-corrected chi connectivity index (χ0v) is 15.3. The van der Waals surface area contributed by atoms with Gasteiger partial charge >= 0.3 is 0 Å². The number of guanidine groups is 1. The quantitative estimate of drug-likeness (QED) is 0.425. The molecule has 1 aliphatic carbocycles. The van der Waals surface area contributed by atoms with Crippen LogP contribution in [0.25, 0.3) is 0 Å². The Morgan fingerprint density at radius 3 is 2.70 bits per heavy atom. The highest BCUT2D eigenvalue weighted by Crippen LogP contribution is 2.28. The number of aliphatic imine (C=N–C) groups is 1. The van der Waals surface area contributed by atoms with Crippen LogP contribution in [-0.2, 0) is 6.54 Å². The van der Waals surface area contributed by atoms with Crippen molar-refractivity contribution in [3.05, 3.63) is 29.3 Å². The molecule has 23 heavy (non-hydrogen) atoms. The normalized spacial score (nSPS) is 17.3. The van der Waals surface area contributed by atoms with Crippen molar-refractivity contribution in [3.8, 4) is 0 Å². The third-order valence-electron chi connectivity index (χ3n) is 4.31. The maximum atomic E-state index is 10.5. The molecule has 0 unspecified atom stereocenters. The molecule has 5 heteroatoms. The molecule has 0 aliphatic heterocycles. The summed E-state index contributed by atoms with van der Waals surface area (Å²) >= 11 is 1.76. The Morgan fingerprint density at radius 1 is 1.30 bits per heavy atom. The summed E-state index contributed by atoms with van der Waals surface area (Å²) in [6.07, 6.45) is 6.10. The van der Waals surface area contributed by atoms with Gasteiger partial charge in [0.05, 0.1) is 12.1 Å². The summed E-state index contributed by atoms with van der Waals surface area (Å²) < 4.78 is 0. The Kier molecular flexibility index (Phi) is 6.78. The van der Waals surface area contributed by atoms with Gasteiger partial charge in [0.2, 0.25) is 0 Å². The van der Waals surface area contributed by atoms with E-state index >= 15 is 0 Å². The van der Waals surface area contributed by atoms with Crippen LogP contribution in [0.4, 0.5) is 0 Å². The SMILES string of the molecule is CCNC(=NCc1ccc(C)cc1SC)NCC1(O)CCCC1. The van der Waals surface area contributed by atoms with E-state index in [0.717, 1.165) is 38.2 Å². The molecule has 1 fully saturated rings. The van der Waals surface area contributed by atoms with Gasteiger partial charge < -0.3 is 15.7 Å². The van der Waals surface area contributed by atoms with Crippen molar-refractivity contribution in [1.82, 2.24) is 10.6 Å². The molecular weight excluding hydrogens is 306 g/mol. The maximum absolute atomic E-state index is 10.5. The third kappa shape index (κ3) is 5.43. The van der Waals surface area contributed by atoms with Crippen LogP contribution in [0.1, 0.15) is 43.7 Å². The number of aliphatic hydroxyl groups is 1. The highest BCUT2D eigenvalue weighted by Gasteiger charge is 2.30. The Bertz CT molecular complexity index is 539. The van der Waals surface area contributed by atoms with Crippen LogP contribution in [-0.4, -0.2) is 36.0 Å². The highest BCUT2D eigenvalue weighted by atomic mass is 32.2. The summed E-state index contributed by atoms with van der Waals surface area (Å²) in [5.41, 5.74) is 1.94. The molecule has 3 N–H and O–H groups in total. The number of hydrogen-bond donors (Lipinski definition) is 3. The van der Waals surface area contributed by atoms with E-state index in [-0.39, 0.29) is 0 Å². The predicted molar refractivity (Wildman–Crippen MR) is 99.2 cm³/mol. The molecule has 1 saturated carbocycles. The monoisotopic (exact) mass is 335 g/mol. The van der Waals surface area contributed by atoms with Gasteiger partial charge in [-0.05, 0) is 50.1 Å². The highest BCUT2D eigenvalue weighted by molar-refractivity contribution is 7.98. The fourth-order valence-electron chi connectivity index (χ4n) is 2.95. The molecule has 0 heterocycles. The Balaban J connectivity index is 2.00. The largest absolute Gasteiger partial charge is 0.388 e. The second-order valence-electron chi connectivity index (χ2n) is 6.30. The minimum absolute atomic E-state index is 0.565. The molecule has 0 saturated heterocycles. The number of nitrogens with one attached hydrogen (secondary N) is 2. The van der Waals surface area contributed by atoms with Crippen LogP contribution in [0.3, 0.4) is 0 Å². The first-order valence-corrected chi connectivity index (χ1v) is 9.67. The summed E-state index contributed by atoms with van der Waals surface area (Å²) in [7, 11) is 0. The maximum Gasteiger partial charge on any atom is 0.191 e. The molecule has 1 aliphatic rings. The van der Waals surface area contributed by atoms with Crippen LogP contribution in [0.5, 0.6) is 0 Å². The summed E-state index contributed by atoms with van der Waals surface area (Å²) in [4.78, 5) is 5.96. The smallest absolute Gasteiger partial charge is 0.191 e. The van der Waals surface area contributed by atoms with E-state index in [2.05, 4.69) is 53.9 Å². The Labute approximate surface area is 144 Å². The van der Waals surface area contributed by atoms with Gasteiger partial charge in [0.25, 0.3) is 0 Å². The van der Waals surface area contributed by atoms with Crippen LogP contribution >= 0.6 is 11.8 Å².